The second kappa shape index (κ2) is 8.26. The maximum Gasteiger partial charge on any atom is 0.349 e. The second-order valence-electron chi connectivity index (χ2n) is 5.70. The molecule has 1 heterocycles. The van der Waals surface area contributed by atoms with Gasteiger partial charge in [0.2, 0.25) is 0 Å². The fraction of sp³-hybridized carbons (Fsp3) is 0.211. The third-order valence-corrected chi connectivity index (χ3v) is 3.87. The first kappa shape index (κ1) is 17.6. The van der Waals surface area contributed by atoms with Gasteiger partial charge in [-0.25, -0.2) is 9.59 Å². The van der Waals surface area contributed by atoms with Crippen molar-refractivity contribution in [1.82, 2.24) is 9.55 Å². The summed E-state index contributed by atoms with van der Waals surface area (Å²) in [6.07, 6.45) is 0.630. The molecular weight excluding hydrogens is 332 g/mol. The summed E-state index contributed by atoms with van der Waals surface area (Å²) in [5.74, 6) is 0.421. The Labute approximate surface area is 150 Å². The van der Waals surface area contributed by atoms with Crippen LogP contribution >= 0.6 is 0 Å². The number of amides is 2. The number of carbonyl (C=O) groups excluding carboxylic acids is 1. The fourth-order valence-electron chi connectivity index (χ4n) is 2.68. The number of aromatic nitrogens is 2. The van der Waals surface area contributed by atoms with E-state index < -0.39 is 11.7 Å². The van der Waals surface area contributed by atoms with Crippen LogP contribution in [0.15, 0.2) is 59.4 Å². The minimum atomic E-state index is -0.424. The van der Waals surface area contributed by atoms with Gasteiger partial charge in [-0.2, -0.15) is 4.98 Å². The SMILES string of the molecule is COCCCn1c(NC(=O)Nc2ccccc2)c2ccccc2nc1=O. The van der Waals surface area contributed by atoms with Crippen molar-refractivity contribution < 1.29 is 9.53 Å². The average molecular weight is 352 g/mol. The molecule has 26 heavy (non-hydrogen) atoms. The lowest BCUT2D eigenvalue weighted by Crippen LogP contribution is -2.30. The molecule has 2 N–H and O–H groups in total. The van der Waals surface area contributed by atoms with E-state index in [1.165, 1.54) is 4.57 Å². The van der Waals surface area contributed by atoms with Gasteiger partial charge in [-0.15, -0.1) is 0 Å². The van der Waals surface area contributed by atoms with Gasteiger partial charge in [0, 0.05) is 31.3 Å². The predicted octanol–water partition coefficient (Wildman–Crippen LogP) is 3.08. The highest BCUT2D eigenvalue weighted by atomic mass is 16.5. The Morgan fingerprint density at radius 3 is 2.58 bits per heavy atom. The molecule has 7 nitrogen and oxygen atoms in total. The van der Waals surface area contributed by atoms with E-state index in [1.807, 2.05) is 30.3 Å². The number of fused-ring (bicyclic) bond motifs is 1. The number of ether oxygens (including phenoxy) is 1. The number of methoxy groups -OCH3 is 1. The van der Waals surface area contributed by atoms with Crippen LogP contribution in [-0.4, -0.2) is 29.3 Å². The van der Waals surface area contributed by atoms with Crippen LogP contribution in [0.25, 0.3) is 10.9 Å². The molecule has 1 aromatic heterocycles. The van der Waals surface area contributed by atoms with Gasteiger partial charge in [0.15, 0.2) is 0 Å². The highest BCUT2D eigenvalue weighted by molar-refractivity contribution is 6.04. The van der Waals surface area contributed by atoms with Crippen LogP contribution < -0.4 is 16.3 Å². The molecule has 0 saturated heterocycles. The molecule has 0 aliphatic heterocycles. The van der Waals surface area contributed by atoms with Gasteiger partial charge in [-0.3, -0.25) is 9.88 Å². The van der Waals surface area contributed by atoms with Crippen molar-refractivity contribution in [1.29, 1.82) is 0 Å². The summed E-state index contributed by atoms with van der Waals surface area (Å²) >= 11 is 0. The molecule has 0 aliphatic carbocycles. The molecule has 7 heteroatoms. The first-order chi connectivity index (χ1) is 12.7. The molecule has 0 radical (unpaired) electrons. The Hall–Kier alpha value is -3.19. The van der Waals surface area contributed by atoms with Gasteiger partial charge < -0.3 is 10.1 Å². The number of carbonyl (C=O) groups is 1. The number of urea groups is 1. The molecule has 0 unspecified atom stereocenters. The number of benzene rings is 2. The minimum absolute atomic E-state index is 0.394. The summed E-state index contributed by atoms with van der Waals surface area (Å²) < 4.78 is 6.52. The van der Waals surface area contributed by atoms with E-state index in [1.54, 1.807) is 31.4 Å². The van der Waals surface area contributed by atoms with E-state index in [9.17, 15) is 9.59 Å². The second-order valence-corrected chi connectivity index (χ2v) is 5.70. The predicted molar refractivity (Wildman–Crippen MR) is 102 cm³/mol. The Bertz CT molecular complexity index is 954. The number of hydrogen-bond donors (Lipinski definition) is 2. The quantitative estimate of drug-likeness (QED) is 0.668. The summed E-state index contributed by atoms with van der Waals surface area (Å²) in [6.45, 7) is 0.903. The van der Waals surface area contributed by atoms with Crippen LogP contribution in [0.4, 0.5) is 16.3 Å². The topological polar surface area (TPSA) is 85.2 Å². The van der Waals surface area contributed by atoms with Crippen molar-refractivity contribution in [2.45, 2.75) is 13.0 Å². The number of nitrogens with zero attached hydrogens (tertiary/aromatic N) is 2. The summed E-state index contributed by atoms with van der Waals surface area (Å²) in [5.41, 5.74) is 0.793. The van der Waals surface area contributed by atoms with Crippen LogP contribution in [0.2, 0.25) is 0 Å². The van der Waals surface area contributed by atoms with Crippen molar-refractivity contribution in [2.24, 2.45) is 0 Å². The molecule has 3 aromatic rings. The maximum absolute atomic E-state index is 12.4. The van der Waals surface area contributed by atoms with Crippen LogP contribution in [0, 0.1) is 0 Å². The summed E-state index contributed by atoms with van der Waals surface area (Å²) in [5, 5.41) is 6.26. The van der Waals surface area contributed by atoms with Gasteiger partial charge in [-0.05, 0) is 30.7 Å². The van der Waals surface area contributed by atoms with Gasteiger partial charge >= 0.3 is 11.7 Å². The molecule has 0 bridgehead atoms. The van der Waals surface area contributed by atoms with Crippen molar-refractivity contribution >= 4 is 28.4 Å². The molecule has 3 rings (SSSR count). The molecule has 0 saturated carbocycles. The van der Waals surface area contributed by atoms with E-state index in [4.69, 9.17) is 4.74 Å². The highest BCUT2D eigenvalue weighted by Gasteiger charge is 2.14. The van der Waals surface area contributed by atoms with Crippen LogP contribution in [0.5, 0.6) is 0 Å². The lowest BCUT2D eigenvalue weighted by atomic mass is 10.2. The summed E-state index contributed by atoms with van der Waals surface area (Å²) in [7, 11) is 1.61. The molecule has 0 aliphatic rings. The zero-order valence-corrected chi connectivity index (χ0v) is 14.4. The monoisotopic (exact) mass is 352 g/mol. The van der Waals surface area contributed by atoms with E-state index in [0.717, 1.165) is 0 Å². The van der Waals surface area contributed by atoms with Gasteiger partial charge in [-0.1, -0.05) is 30.3 Å². The third kappa shape index (κ3) is 4.07. The smallest absolute Gasteiger partial charge is 0.349 e. The Balaban J connectivity index is 1.94. The number of hydrogen-bond acceptors (Lipinski definition) is 4. The van der Waals surface area contributed by atoms with Crippen LogP contribution in [0.1, 0.15) is 6.42 Å². The lowest BCUT2D eigenvalue weighted by Gasteiger charge is -2.16. The first-order valence-electron chi connectivity index (χ1n) is 8.30. The molecule has 0 atom stereocenters. The van der Waals surface area contributed by atoms with Crippen molar-refractivity contribution in [3.05, 3.63) is 65.1 Å². The van der Waals surface area contributed by atoms with Gasteiger partial charge in [0.05, 0.1) is 5.52 Å². The van der Waals surface area contributed by atoms with Crippen molar-refractivity contribution in [3.8, 4) is 0 Å². The van der Waals surface area contributed by atoms with Crippen LogP contribution in [0.3, 0.4) is 0 Å². The van der Waals surface area contributed by atoms with Crippen LogP contribution in [-0.2, 0) is 11.3 Å². The van der Waals surface area contributed by atoms with E-state index in [2.05, 4.69) is 15.6 Å². The zero-order valence-electron chi connectivity index (χ0n) is 14.4. The highest BCUT2D eigenvalue weighted by Crippen LogP contribution is 2.20. The Morgan fingerprint density at radius 2 is 1.81 bits per heavy atom. The van der Waals surface area contributed by atoms with Crippen molar-refractivity contribution in [3.63, 3.8) is 0 Å². The first-order valence-corrected chi connectivity index (χ1v) is 8.30. The largest absolute Gasteiger partial charge is 0.385 e. The summed E-state index contributed by atoms with van der Waals surface area (Å²) in [4.78, 5) is 29.0. The number of rotatable bonds is 6. The van der Waals surface area contributed by atoms with E-state index >= 15 is 0 Å². The molecule has 134 valence electrons. The maximum atomic E-state index is 12.4. The normalized spacial score (nSPS) is 10.7. The van der Waals surface area contributed by atoms with Gasteiger partial charge in [0.25, 0.3) is 0 Å². The van der Waals surface area contributed by atoms with Crippen molar-refractivity contribution in [2.75, 3.05) is 24.4 Å². The van der Waals surface area contributed by atoms with Gasteiger partial charge in [0.1, 0.15) is 5.82 Å². The molecule has 2 aromatic carbocycles. The third-order valence-electron chi connectivity index (χ3n) is 3.87. The Morgan fingerprint density at radius 1 is 1.08 bits per heavy atom. The zero-order chi connectivity index (χ0) is 18.4. The Kier molecular flexibility index (Phi) is 5.60. The fourth-order valence-corrected chi connectivity index (χ4v) is 2.68. The van der Waals surface area contributed by atoms with E-state index in [-0.39, 0.29) is 0 Å². The number of anilines is 2. The summed E-state index contributed by atoms with van der Waals surface area (Å²) in [6, 6.07) is 15.9. The number of nitrogens with one attached hydrogen (secondary N) is 2. The average Bonchev–Trinajstić information content (AvgIpc) is 2.64. The molecule has 0 fully saturated rings. The molecule has 0 spiro atoms. The standard InChI is InChI=1S/C19H20N4O3/c1-26-13-7-12-23-17(15-10-5-6-11-16(15)21-19(23)25)22-18(24)20-14-8-3-2-4-9-14/h2-6,8-11H,7,12-13H2,1H3,(H2,20,22,24). The van der Waals surface area contributed by atoms with E-state index in [0.29, 0.717) is 42.0 Å². The number of para-hydroxylation sites is 2. The molecular formula is C19H20N4O3. The molecule has 2 amide bonds. The lowest BCUT2D eigenvalue weighted by molar-refractivity contribution is 0.190. The minimum Gasteiger partial charge on any atom is -0.385 e.